The molecule has 2 aromatic rings. The lowest BCUT2D eigenvalue weighted by atomic mass is 9.75. The highest BCUT2D eigenvalue weighted by Crippen LogP contribution is 2.42. The smallest absolute Gasteiger partial charge is 0.241 e. The van der Waals surface area contributed by atoms with Crippen LogP contribution >= 0.6 is 0 Å². The third kappa shape index (κ3) is 3.17. The fraction of sp³-hybridized carbons (Fsp3) is 0.381. The Balaban J connectivity index is 1.82. The van der Waals surface area contributed by atoms with Gasteiger partial charge < -0.3 is 5.32 Å². The van der Waals surface area contributed by atoms with E-state index in [1.165, 1.54) is 0 Å². The molecular formula is C21H24N2O3S. The molecular weight excluding hydrogens is 360 g/mol. The number of benzene rings is 2. The number of fused-ring (bicyclic) bond motifs is 1. The van der Waals surface area contributed by atoms with Crippen molar-refractivity contribution in [3.8, 4) is 0 Å². The van der Waals surface area contributed by atoms with Gasteiger partial charge in [0.15, 0.2) is 5.78 Å². The average Bonchev–Trinajstić information content (AvgIpc) is 3.12. The van der Waals surface area contributed by atoms with Gasteiger partial charge in [0.2, 0.25) is 10.0 Å². The molecule has 1 heterocycles. The van der Waals surface area contributed by atoms with Crippen molar-refractivity contribution in [3.63, 3.8) is 0 Å². The number of ketones is 1. The molecule has 1 aliphatic carbocycles. The van der Waals surface area contributed by atoms with Gasteiger partial charge >= 0.3 is 0 Å². The van der Waals surface area contributed by atoms with E-state index in [0.29, 0.717) is 12.8 Å². The van der Waals surface area contributed by atoms with Crippen LogP contribution in [-0.2, 0) is 26.8 Å². The minimum Gasteiger partial charge on any atom is -0.384 e. The van der Waals surface area contributed by atoms with Crippen LogP contribution in [0.3, 0.4) is 0 Å². The molecule has 6 heteroatoms. The molecule has 5 nitrogen and oxygen atoms in total. The summed E-state index contributed by atoms with van der Waals surface area (Å²) in [4.78, 5) is 13.3. The first kappa shape index (κ1) is 18.2. The maximum Gasteiger partial charge on any atom is 0.241 e. The number of nitrogens with one attached hydrogen (secondary N) is 2. The zero-order chi connectivity index (χ0) is 19.1. The third-order valence-corrected chi connectivity index (χ3v) is 7.14. The minimum absolute atomic E-state index is 0.0495. The predicted molar refractivity (Wildman–Crippen MR) is 105 cm³/mol. The lowest BCUT2D eigenvalue weighted by molar-refractivity contribution is -0.127. The molecule has 2 N–H and O–H groups in total. The van der Waals surface area contributed by atoms with Crippen LogP contribution in [0.4, 0.5) is 5.69 Å². The van der Waals surface area contributed by atoms with Crippen molar-refractivity contribution in [2.45, 2.75) is 49.5 Å². The first-order chi connectivity index (χ1) is 12.9. The second kappa shape index (κ2) is 6.77. The molecule has 4 rings (SSSR count). The fourth-order valence-corrected chi connectivity index (χ4v) is 5.57. The highest BCUT2D eigenvalue weighted by Gasteiger charge is 2.46. The van der Waals surface area contributed by atoms with Crippen molar-refractivity contribution in [3.05, 3.63) is 59.2 Å². The van der Waals surface area contributed by atoms with Gasteiger partial charge in [-0.25, -0.2) is 8.42 Å². The summed E-state index contributed by atoms with van der Waals surface area (Å²) in [6.45, 7) is 2.72. The Hall–Kier alpha value is -2.18. The van der Waals surface area contributed by atoms with Gasteiger partial charge in [-0.3, -0.25) is 4.79 Å². The van der Waals surface area contributed by atoms with E-state index < -0.39 is 15.6 Å². The van der Waals surface area contributed by atoms with E-state index in [1.807, 2.05) is 25.1 Å². The standard InChI is InChI=1S/C21H24N2O3S/c1-15-8-10-17(11-9-15)27(25,26)23-21(13-3-2-7-19(21)24)18-6-4-5-16-12-14-22-20(16)18/h4-6,8-11,22-23H,2-3,7,12-14H2,1H3/t21-/m0/s1. The monoisotopic (exact) mass is 384 g/mol. The van der Waals surface area contributed by atoms with Crippen molar-refractivity contribution in [2.24, 2.45) is 0 Å². The molecule has 0 amide bonds. The van der Waals surface area contributed by atoms with Gasteiger partial charge in [-0.2, -0.15) is 4.72 Å². The molecule has 0 spiro atoms. The average molecular weight is 385 g/mol. The molecule has 0 saturated heterocycles. The van der Waals surface area contributed by atoms with Crippen molar-refractivity contribution < 1.29 is 13.2 Å². The molecule has 0 unspecified atom stereocenters. The Morgan fingerprint density at radius 3 is 2.56 bits per heavy atom. The number of hydrogen-bond acceptors (Lipinski definition) is 4. The molecule has 1 aliphatic heterocycles. The lowest BCUT2D eigenvalue weighted by Gasteiger charge is -2.37. The minimum atomic E-state index is -3.83. The Morgan fingerprint density at radius 1 is 1.04 bits per heavy atom. The van der Waals surface area contributed by atoms with Gasteiger partial charge in [-0.1, -0.05) is 42.3 Å². The van der Waals surface area contributed by atoms with Crippen molar-refractivity contribution in [1.29, 1.82) is 0 Å². The predicted octanol–water partition coefficient (Wildman–Crippen LogP) is 3.28. The first-order valence-corrected chi connectivity index (χ1v) is 10.9. The highest BCUT2D eigenvalue weighted by molar-refractivity contribution is 7.89. The number of rotatable bonds is 4. The van der Waals surface area contributed by atoms with Crippen LogP contribution < -0.4 is 10.0 Å². The number of sulfonamides is 1. The van der Waals surface area contributed by atoms with Crippen molar-refractivity contribution in [2.75, 3.05) is 11.9 Å². The van der Waals surface area contributed by atoms with E-state index in [0.717, 1.165) is 48.2 Å². The molecule has 27 heavy (non-hydrogen) atoms. The van der Waals surface area contributed by atoms with Crippen LogP contribution in [-0.4, -0.2) is 20.7 Å². The zero-order valence-electron chi connectivity index (χ0n) is 15.4. The van der Waals surface area contributed by atoms with E-state index in [2.05, 4.69) is 10.0 Å². The summed E-state index contributed by atoms with van der Waals surface area (Å²) in [5.41, 5.74) is 2.60. The van der Waals surface area contributed by atoms with E-state index in [-0.39, 0.29) is 10.7 Å². The molecule has 0 bridgehead atoms. The summed E-state index contributed by atoms with van der Waals surface area (Å²) in [6, 6.07) is 12.6. The van der Waals surface area contributed by atoms with Gasteiger partial charge in [-0.15, -0.1) is 0 Å². The molecule has 1 fully saturated rings. The van der Waals surface area contributed by atoms with Crippen LogP contribution in [0.25, 0.3) is 0 Å². The third-order valence-electron chi connectivity index (χ3n) is 5.63. The fourth-order valence-electron chi connectivity index (χ4n) is 4.18. The van der Waals surface area contributed by atoms with Gasteiger partial charge in [-0.05, 0) is 43.9 Å². The SMILES string of the molecule is Cc1ccc(S(=O)(=O)N[C@]2(c3cccc4c3NCC4)CCCCC2=O)cc1. The molecule has 0 radical (unpaired) electrons. The number of carbonyl (C=O) groups is 1. The Bertz CT molecular complexity index is 983. The largest absolute Gasteiger partial charge is 0.384 e. The normalized spacial score (nSPS) is 22.3. The molecule has 142 valence electrons. The number of aryl methyl sites for hydroxylation is 1. The topological polar surface area (TPSA) is 75.3 Å². The molecule has 0 aromatic heterocycles. The van der Waals surface area contributed by atoms with Crippen LogP contribution in [0.2, 0.25) is 0 Å². The molecule has 2 aromatic carbocycles. The Labute approximate surface area is 160 Å². The molecule has 1 saturated carbocycles. The van der Waals surface area contributed by atoms with Crippen LogP contribution in [0.5, 0.6) is 0 Å². The molecule has 2 aliphatic rings. The summed E-state index contributed by atoms with van der Waals surface area (Å²) in [5.74, 6) is -0.0495. The Morgan fingerprint density at radius 2 is 1.81 bits per heavy atom. The van der Waals surface area contributed by atoms with E-state index >= 15 is 0 Å². The van der Waals surface area contributed by atoms with Gasteiger partial charge in [0, 0.05) is 24.2 Å². The summed E-state index contributed by atoms with van der Waals surface area (Å²) in [7, 11) is -3.83. The second-order valence-corrected chi connectivity index (χ2v) is 9.15. The maximum absolute atomic E-state index is 13.2. The van der Waals surface area contributed by atoms with Gasteiger partial charge in [0.05, 0.1) is 4.90 Å². The van der Waals surface area contributed by atoms with Crippen LogP contribution in [0, 0.1) is 6.92 Å². The maximum atomic E-state index is 13.2. The lowest BCUT2D eigenvalue weighted by Crippen LogP contribution is -2.53. The van der Waals surface area contributed by atoms with E-state index in [4.69, 9.17) is 0 Å². The second-order valence-electron chi connectivity index (χ2n) is 7.47. The number of carbonyl (C=O) groups excluding carboxylic acids is 1. The van der Waals surface area contributed by atoms with E-state index in [1.54, 1.807) is 24.3 Å². The Kier molecular flexibility index (Phi) is 4.56. The summed E-state index contributed by atoms with van der Waals surface area (Å²) < 4.78 is 29.1. The van der Waals surface area contributed by atoms with Crippen molar-refractivity contribution >= 4 is 21.5 Å². The quantitative estimate of drug-likeness (QED) is 0.848. The van der Waals surface area contributed by atoms with Crippen molar-refractivity contribution in [1.82, 2.24) is 4.72 Å². The summed E-state index contributed by atoms with van der Waals surface area (Å²) in [5, 5.41) is 3.36. The van der Waals surface area contributed by atoms with Crippen LogP contribution in [0.15, 0.2) is 47.4 Å². The van der Waals surface area contributed by atoms with Crippen LogP contribution in [0.1, 0.15) is 42.4 Å². The number of Topliss-reactive ketones (excluding diaryl/α,β-unsaturated/α-hetero) is 1. The zero-order valence-corrected chi connectivity index (χ0v) is 16.2. The number of hydrogen-bond donors (Lipinski definition) is 2. The number of anilines is 1. The first-order valence-electron chi connectivity index (χ1n) is 9.43. The molecule has 1 atom stereocenters. The van der Waals surface area contributed by atoms with Gasteiger partial charge in [0.1, 0.15) is 5.54 Å². The van der Waals surface area contributed by atoms with E-state index in [9.17, 15) is 13.2 Å². The summed E-state index contributed by atoms with van der Waals surface area (Å²) in [6.07, 6.45) is 3.37. The summed E-state index contributed by atoms with van der Waals surface area (Å²) >= 11 is 0. The number of para-hydroxylation sites is 1. The highest BCUT2D eigenvalue weighted by atomic mass is 32.2. The van der Waals surface area contributed by atoms with Gasteiger partial charge in [0.25, 0.3) is 0 Å².